The molecule has 0 aliphatic carbocycles. The van der Waals surface area contributed by atoms with Gasteiger partial charge in [-0.25, -0.2) is 4.79 Å². The van der Waals surface area contributed by atoms with Gasteiger partial charge in [-0.1, -0.05) is 13.0 Å². The van der Waals surface area contributed by atoms with E-state index in [1.807, 2.05) is 13.8 Å². The SMILES string of the molecule is C=CCC(C)Nc1c(N)n(CCC)c(=O)n(C)c1=O. The Hall–Kier alpha value is -1.98. The lowest BCUT2D eigenvalue weighted by molar-refractivity contribution is 0.599. The van der Waals surface area contributed by atoms with Gasteiger partial charge >= 0.3 is 5.69 Å². The summed E-state index contributed by atoms with van der Waals surface area (Å²) in [5, 5.41) is 3.06. The number of aromatic nitrogens is 2. The molecular formula is C13H22N4O2. The quantitative estimate of drug-likeness (QED) is 0.750. The number of nitrogens with zero attached hydrogens (tertiary/aromatic N) is 2. The van der Waals surface area contributed by atoms with Crippen LogP contribution in [0, 0.1) is 0 Å². The van der Waals surface area contributed by atoms with E-state index >= 15 is 0 Å². The third-order valence-electron chi connectivity index (χ3n) is 2.94. The van der Waals surface area contributed by atoms with E-state index in [-0.39, 0.29) is 23.2 Å². The molecule has 1 rings (SSSR count). The number of nitrogen functional groups attached to an aromatic ring is 1. The molecule has 106 valence electrons. The second kappa shape index (κ2) is 6.26. The predicted molar refractivity (Wildman–Crippen MR) is 78.5 cm³/mol. The van der Waals surface area contributed by atoms with Gasteiger partial charge in [0.2, 0.25) is 0 Å². The maximum absolute atomic E-state index is 12.1. The van der Waals surface area contributed by atoms with Gasteiger partial charge in [0.05, 0.1) is 0 Å². The second-order valence-corrected chi connectivity index (χ2v) is 4.63. The summed E-state index contributed by atoms with van der Waals surface area (Å²) in [7, 11) is 1.46. The minimum Gasteiger partial charge on any atom is -0.383 e. The van der Waals surface area contributed by atoms with Crippen molar-refractivity contribution in [3.05, 3.63) is 33.5 Å². The first-order valence-electron chi connectivity index (χ1n) is 6.40. The van der Waals surface area contributed by atoms with Gasteiger partial charge in [0.25, 0.3) is 5.56 Å². The topological polar surface area (TPSA) is 82.0 Å². The molecule has 1 aromatic heterocycles. The number of hydrogen-bond donors (Lipinski definition) is 2. The average Bonchev–Trinajstić information content (AvgIpc) is 2.38. The fourth-order valence-electron chi connectivity index (χ4n) is 1.91. The van der Waals surface area contributed by atoms with Crippen molar-refractivity contribution in [3.8, 4) is 0 Å². The average molecular weight is 266 g/mol. The summed E-state index contributed by atoms with van der Waals surface area (Å²) in [5.41, 5.74) is 5.45. The van der Waals surface area contributed by atoms with Gasteiger partial charge in [-0.2, -0.15) is 0 Å². The molecule has 1 atom stereocenters. The van der Waals surface area contributed by atoms with Crippen molar-refractivity contribution in [2.24, 2.45) is 7.05 Å². The van der Waals surface area contributed by atoms with E-state index in [9.17, 15) is 9.59 Å². The zero-order valence-electron chi connectivity index (χ0n) is 11.8. The van der Waals surface area contributed by atoms with Gasteiger partial charge in [-0.05, 0) is 19.8 Å². The van der Waals surface area contributed by atoms with Crippen LogP contribution >= 0.6 is 0 Å². The molecule has 6 nitrogen and oxygen atoms in total. The summed E-state index contributed by atoms with van der Waals surface area (Å²) < 4.78 is 2.50. The van der Waals surface area contributed by atoms with Crippen molar-refractivity contribution < 1.29 is 0 Å². The lowest BCUT2D eigenvalue weighted by atomic mass is 10.2. The number of rotatable bonds is 6. The lowest BCUT2D eigenvalue weighted by Gasteiger charge is -2.18. The van der Waals surface area contributed by atoms with Crippen LogP contribution in [0.4, 0.5) is 11.5 Å². The molecule has 19 heavy (non-hydrogen) atoms. The molecule has 1 aromatic rings. The molecule has 3 N–H and O–H groups in total. The molecular weight excluding hydrogens is 244 g/mol. The van der Waals surface area contributed by atoms with Gasteiger partial charge in [0, 0.05) is 19.6 Å². The van der Waals surface area contributed by atoms with Gasteiger partial charge in [0.1, 0.15) is 11.5 Å². The molecule has 0 saturated carbocycles. The molecule has 0 saturated heterocycles. The first kappa shape index (κ1) is 15.1. The van der Waals surface area contributed by atoms with Crippen molar-refractivity contribution in [1.82, 2.24) is 9.13 Å². The number of nitrogens with one attached hydrogen (secondary N) is 1. The Morgan fingerprint density at radius 1 is 1.47 bits per heavy atom. The summed E-state index contributed by atoms with van der Waals surface area (Å²) in [6.45, 7) is 8.02. The Labute approximate surface area is 112 Å². The highest BCUT2D eigenvalue weighted by Crippen LogP contribution is 2.13. The zero-order valence-corrected chi connectivity index (χ0v) is 11.8. The Kier molecular flexibility index (Phi) is 4.97. The molecule has 0 spiro atoms. The van der Waals surface area contributed by atoms with Crippen molar-refractivity contribution in [1.29, 1.82) is 0 Å². The van der Waals surface area contributed by atoms with E-state index in [2.05, 4.69) is 11.9 Å². The number of anilines is 2. The van der Waals surface area contributed by atoms with Crippen LogP contribution in [0.25, 0.3) is 0 Å². The first-order chi connectivity index (χ1) is 8.93. The van der Waals surface area contributed by atoms with E-state index in [0.717, 1.165) is 11.0 Å². The summed E-state index contributed by atoms with van der Waals surface area (Å²) in [6.07, 6.45) is 3.24. The predicted octanol–water partition coefficient (Wildman–Crippen LogP) is 0.916. The normalized spacial score (nSPS) is 12.2. The minimum absolute atomic E-state index is 0.0279. The van der Waals surface area contributed by atoms with Crippen LogP contribution in [-0.4, -0.2) is 15.2 Å². The lowest BCUT2D eigenvalue weighted by Crippen LogP contribution is -2.41. The largest absolute Gasteiger partial charge is 0.383 e. The molecule has 6 heteroatoms. The number of nitrogens with two attached hydrogens (primary N) is 1. The van der Waals surface area contributed by atoms with Gasteiger partial charge in [0.15, 0.2) is 0 Å². The molecule has 0 bridgehead atoms. The molecule has 0 amide bonds. The van der Waals surface area contributed by atoms with Crippen LogP contribution in [0.5, 0.6) is 0 Å². The third-order valence-corrected chi connectivity index (χ3v) is 2.94. The third kappa shape index (κ3) is 3.07. The molecule has 0 aliphatic rings. The van der Waals surface area contributed by atoms with Crippen LogP contribution < -0.4 is 22.3 Å². The van der Waals surface area contributed by atoms with Crippen LogP contribution in [0.15, 0.2) is 22.2 Å². The summed E-state index contributed by atoms with van der Waals surface area (Å²) >= 11 is 0. The van der Waals surface area contributed by atoms with E-state index in [1.54, 1.807) is 6.08 Å². The van der Waals surface area contributed by atoms with E-state index in [0.29, 0.717) is 13.0 Å². The smallest absolute Gasteiger partial charge is 0.332 e. The monoisotopic (exact) mass is 266 g/mol. The molecule has 0 fully saturated rings. The summed E-state index contributed by atoms with van der Waals surface area (Å²) in [4.78, 5) is 24.1. The molecule has 0 aromatic carbocycles. The molecule has 1 heterocycles. The van der Waals surface area contributed by atoms with Crippen molar-refractivity contribution in [3.63, 3.8) is 0 Å². The van der Waals surface area contributed by atoms with Gasteiger partial charge in [-0.15, -0.1) is 6.58 Å². The Morgan fingerprint density at radius 3 is 2.63 bits per heavy atom. The summed E-state index contributed by atoms with van der Waals surface area (Å²) in [5.74, 6) is 0.200. The Morgan fingerprint density at radius 2 is 2.11 bits per heavy atom. The fourth-order valence-corrected chi connectivity index (χ4v) is 1.91. The fraction of sp³-hybridized carbons (Fsp3) is 0.538. The van der Waals surface area contributed by atoms with Crippen LogP contribution in [-0.2, 0) is 13.6 Å². The van der Waals surface area contributed by atoms with Crippen molar-refractivity contribution >= 4 is 11.5 Å². The zero-order chi connectivity index (χ0) is 14.6. The Bertz CT molecular complexity index is 571. The maximum Gasteiger partial charge on any atom is 0.332 e. The highest BCUT2D eigenvalue weighted by molar-refractivity contribution is 5.61. The van der Waals surface area contributed by atoms with Crippen LogP contribution in [0.2, 0.25) is 0 Å². The van der Waals surface area contributed by atoms with Gasteiger partial charge < -0.3 is 11.1 Å². The minimum atomic E-state index is -0.397. The molecule has 1 unspecified atom stereocenters. The van der Waals surface area contributed by atoms with Crippen molar-refractivity contribution in [2.45, 2.75) is 39.3 Å². The molecule has 0 radical (unpaired) electrons. The first-order valence-corrected chi connectivity index (χ1v) is 6.40. The van der Waals surface area contributed by atoms with Crippen LogP contribution in [0.3, 0.4) is 0 Å². The molecule has 0 aliphatic heterocycles. The number of hydrogen-bond acceptors (Lipinski definition) is 4. The van der Waals surface area contributed by atoms with Gasteiger partial charge in [-0.3, -0.25) is 13.9 Å². The highest BCUT2D eigenvalue weighted by Gasteiger charge is 2.15. The van der Waals surface area contributed by atoms with E-state index < -0.39 is 5.56 Å². The highest BCUT2D eigenvalue weighted by atomic mass is 16.2. The van der Waals surface area contributed by atoms with Crippen LogP contribution in [0.1, 0.15) is 26.7 Å². The van der Waals surface area contributed by atoms with E-state index in [1.165, 1.54) is 11.6 Å². The van der Waals surface area contributed by atoms with Crippen molar-refractivity contribution in [2.75, 3.05) is 11.1 Å². The van der Waals surface area contributed by atoms with E-state index in [4.69, 9.17) is 5.73 Å². The second-order valence-electron chi connectivity index (χ2n) is 4.63. The maximum atomic E-state index is 12.1. The summed E-state index contributed by atoms with van der Waals surface area (Å²) in [6, 6.07) is 0.0279. The standard InChI is InChI=1S/C13H22N4O2/c1-5-7-9(3)15-10-11(14)17(8-6-2)13(19)16(4)12(10)18/h5,9,15H,1,6-8,14H2,2-4H3. The Balaban J connectivity index is 3.35.